The first-order valence-corrected chi connectivity index (χ1v) is 13.2. The molecule has 1 saturated heterocycles. The number of hydrogen-bond donors (Lipinski definition) is 5. The zero-order chi connectivity index (χ0) is 25.5. The molecule has 190 valence electrons. The highest BCUT2D eigenvalue weighted by Gasteiger charge is 2.51. The number of halogens is 1. The Morgan fingerprint density at radius 3 is 2.47 bits per heavy atom. The predicted octanol–water partition coefficient (Wildman–Crippen LogP) is 3.86. The van der Waals surface area contributed by atoms with Crippen molar-refractivity contribution in [2.45, 2.75) is 88.7 Å². The van der Waals surface area contributed by atoms with E-state index in [0.717, 1.165) is 6.20 Å². The molecule has 12 heteroatoms. The summed E-state index contributed by atoms with van der Waals surface area (Å²) in [6.07, 6.45) is -3.35. The Labute approximate surface area is 202 Å². The van der Waals surface area contributed by atoms with Gasteiger partial charge in [-0.25, -0.2) is 9.37 Å². The molecule has 3 rings (SSSR count). The van der Waals surface area contributed by atoms with Crippen LogP contribution in [0.4, 0.5) is 4.39 Å². The van der Waals surface area contributed by atoms with Gasteiger partial charge in [0.2, 0.25) is 0 Å². The Balaban J connectivity index is 1.87. The Bertz CT molecular complexity index is 1140. The van der Waals surface area contributed by atoms with Crippen molar-refractivity contribution in [2.24, 2.45) is 0 Å². The van der Waals surface area contributed by atoms with Crippen LogP contribution in [0.3, 0.4) is 0 Å². The molecule has 1 aliphatic heterocycles. The van der Waals surface area contributed by atoms with Gasteiger partial charge >= 0.3 is 7.60 Å². The molecule has 6 atom stereocenters. The second kappa shape index (κ2) is 9.99. The number of aliphatic hydroxyl groups is 3. The molecule has 1 aliphatic rings. The van der Waals surface area contributed by atoms with Crippen LogP contribution >= 0.6 is 19.8 Å². The molecule has 5 N–H and O–H groups in total. The number of pyridine rings is 2. The van der Waals surface area contributed by atoms with Gasteiger partial charge in [-0.2, -0.15) is 0 Å². The predicted molar refractivity (Wildman–Crippen MR) is 126 cm³/mol. The lowest BCUT2D eigenvalue weighted by Crippen LogP contribution is -2.40. The van der Waals surface area contributed by atoms with Crippen LogP contribution in [0.2, 0.25) is 0 Å². The molecular formula is C22H32FN2O7PS. The van der Waals surface area contributed by atoms with Gasteiger partial charge in [0.1, 0.15) is 34.4 Å². The third-order valence-corrected chi connectivity index (χ3v) is 9.45. The number of aliphatic hydroxyl groups excluding tert-OH is 2. The van der Waals surface area contributed by atoms with Crippen molar-refractivity contribution >= 4 is 30.8 Å². The first-order chi connectivity index (χ1) is 15.8. The summed E-state index contributed by atoms with van der Waals surface area (Å²) in [5.41, 5.74) is -0.533. The zero-order valence-corrected chi connectivity index (χ0v) is 21.3. The minimum Gasteiger partial charge on any atom is -0.388 e. The van der Waals surface area contributed by atoms with Gasteiger partial charge in [-0.1, -0.05) is 33.0 Å². The highest BCUT2D eigenvalue weighted by molar-refractivity contribution is 7.71. The molecule has 9 nitrogen and oxygen atoms in total. The van der Waals surface area contributed by atoms with Gasteiger partial charge in [0.05, 0.1) is 17.9 Å². The van der Waals surface area contributed by atoms with Crippen molar-refractivity contribution in [3.63, 3.8) is 0 Å². The number of nitrogens with zero attached hydrogens (tertiary/aromatic N) is 1. The van der Waals surface area contributed by atoms with Crippen LogP contribution in [0.15, 0.2) is 18.3 Å². The average Bonchev–Trinajstić information content (AvgIpc) is 3.05. The van der Waals surface area contributed by atoms with Crippen LogP contribution in [0.1, 0.15) is 65.0 Å². The van der Waals surface area contributed by atoms with Gasteiger partial charge in [-0.05, 0) is 38.3 Å². The van der Waals surface area contributed by atoms with Crippen LogP contribution in [0, 0.1) is 10.5 Å². The summed E-state index contributed by atoms with van der Waals surface area (Å²) in [7, 11) is -4.47. The molecule has 0 bridgehead atoms. The van der Waals surface area contributed by atoms with Crippen molar-refractivity contribution in [1.82, 2.24) is 9.97 Å². The lowest BCUT2D eigenvalue weighted by atomic mass is 9.92. The SMILES string of the molecule is CCC(C)(C[C@H]1O[C@@H](c2cc3cc(F)cnc3[nH]c2=S)[C@@H](O)C1O)OP(=O)(O)C(O)(CC)CC. The standard InChI is InChI=1S/C22H32FN2O7PS/c1-5-21(4,32-33(29,30)22(28,6-2)7-3)10-15-16(26)17(27)18(31-15)14-9-12-8-13(23)11-24-19(12)25-20(14)34/h8-9,11,15-18,26-28H,5-7,10H2,1-4H3,(H,29,30)(H,24,25,34)/t15-,16?,17+,18+,21?/m1/s1. The maximum Gasteiger partial charge on any atom is 0.359 e. The Hall–Kier alpha value is -1.30. The van der Waals surface area contributed by atoms with E-state index < -0.39 is 48.8 Å². The topological polar surface area (TPSA) is 145 Å². The molecule has 1 fully saturated rings. The van der Waals surface area contributed by atoms with Crippen LogP contribution in [0.5, 0.6) is 0 Å². The fraction of sp³-hybridized carbons (Fsp3) is 0.636. The van der Waals surface area contributed by atoms with Crippen LogP contribution in [-0.4, -0.2) is 59.4 Å². The number of hydrogen-bond acceptors (Lipinski definition) is 8. The van der Waals surface area contributed by atoms with E-state index in [0.29, 0.717) is 16.6 Å². The smallest absolute Gasteiger partial charge is 0.359 e. The van der Waals surface area contributed by atoms with Crippen LogP contribution in [-0.2, 0) is 13.8 Å². The van der Waals surface area contributed by atoms with Crippen LogP contribution < -0.4 is 0 Å². The largest absolute Gasteiger partial charge is 0.388 e. The first-order valence-electron chi connectivity index (χ1n) is 11.3. The highest BCUT2D eigenvalue weighted by atomic mass is 32.1. The van der Waals surface area contributed by atoms with Gasteiger partial charge in [0, 0.05) is 17.4 Å². The second-order valence-electron chi connectivity index (χ2n) is 9.03. The molecule has 34 heavy (non-hydrogen) atoms. The van der Waals surface area contributed by atoms with Crippen molar-refractivity contribution in [1.29, 1.82) is 0 Å². The number of fused-ring (bicyclic) bond motifs is 1. The minimum absolute atomic E-state index is 0.0237. The average molecular weight is 519 g/mol. The lowest BCUT2D eigenvalue weighted by Gasteiger charge is -2.38. The van der Waals surface area contributed by atoms with Crippen molar-refractivity contribution in [3.8, 4) is 0 Å². The number of H-pyrrole nitrogens is 1. The fourth-order valence-electron chi connectivity index (χ4n) is 4.17. The van der Waals surface area contributed by atoms with Crippen molar-refractivity contribution in [2.75, 3.05) is 0 Å². The number of aromatic nitrogens is 2. The Morgan fingerprint density at radius 1 is 1.24 bits per heavy atom. The number of ether oxygens (including phenoxy) is 1. The van der Waals surface area contributed by atoms with E-state index in [1.54, 1.807) is 33.8 Å². The number of aromatic amines is 1. The summed E-state index contributed by atoms with van der Waals surface area (Å²) >= 11 is 5.37. The zero-order valence-electron chi connectivity index (χ0n) is 19.6. The molecule has 0 amide bonds. The normalized spacial score (nSPS) is 27.0. The molecule has 0 aliphatic carbocycles. The molecule has 2 aromatic heterocycles. The van der Waals surface area contributed by atoms with Gasteiger partial charge in [-0.3, -0.25) is 4.57 Å². The molecule has 3 heterocycles. The quantitative estimate of drug-likeness (QED) is 0.247. The molecule has 0 spiro atoms. The third-order valence-electron chi connectivity index (χ3n) is 6.74. The van der Waals surface area contributed by atoms with Crippen molar-refractivity contribution < 1.29 is 38.4 Å². The van der Waals surface area contributed by atoms with Gasteiger partial charge < -0.3 is 34.5 Å². The minimum atomic E-state index is -4.47. The van der Waals surface area contributed by atoms with E-state index in [4.69, 9.17) is 21.5 Å². The summed E-state index contributed by atoms with van der Waals surface area (Å²) in [6.45, 7) is 6.53. The monoisotopic (exact) mass is 518 g/mol. The number of rotatable bonds is 9. The lowest BCUT2D eigenvalue weighted by molar-refractivity contribution is -0.0544. The molecule has 2 aromatic rings. The third kappa shape index (κ3) is 5.12. The summed E-state index contributed by atoms with van der Waals surface area (Å²) in [5.74, 6) is -0.543. The van der Waals surface area contributed by atoms with Gasteiger partial charge in [0.15, 0.2) is 5.34 Å². The molecule has 3 unspecified atom stereocenters. The Kier molecular flexibility index (Phi) is 8.01. The maximum absolute atomic E-state index is 13.6. The molecule has 0 aromatic carbocycles. The van der Waals surface area contributed by atoms with Gasteiger partial charge in [-0.15, -0.1) is 0 Å². The van der Waals surface area contributed by atoms with E-state index in [9.17, 15) is 29.2 Å². The van der Waals surface area contributed by atoms with E-state index in [2.05, 4.69) is 9.97 Å². The highest BCUT2D eigenvalue weighted by Crippen LogP contribution is 2.60. The second-order valence-corrected chi connectivity index (χ2v) is 11.5. The van der Waals surface area contributed by atoms with E-state index in [-0.39, 0.29) is 30.3 Å². The summed E-state index contributed by atoms with van der Waals surface area (Å²) in [4.78, 5) is 17.4. The van der Waals surface area contributed by atoms with Crippen molar-refractivity contribution in [3.05, 3.63) is 34.4 Å². The summed E-state index contributed by atoms with van der Waals surface area (Å²) < 4.78 is 38.4. The van der Waals surface area contributed by atoms with E-state index >= 15 is 0 Å². The fourth-order valence-corrected chi connectivity index (χ4v) is 6.22. The first kappa shape index (κ1) is 27.3. The summed E-state index contributed by atoms with van der Waals surface area (Å²) in [5, 5.41) is 30.6. The van der Waals surface area contributed by atoms with Gasteiger partial charge in [0.25, 0.3) is 0 Å². The molecule has 0 radical (unpaired) electrons. The number of nitrogens with one attached hydrogen (secondary N) is 1. The maximum atomic E-state index is 13.6. The molecule has 0 saturated carbocycles. The van der Waals surface area contributed by atoms with E-state index in [1.807, 2.05) is 0 Å². The van der Waals surface area contributed by atoms with Crippen LogP contribution in [0.25, 0.3) is 11.0 Å². The van der Waals surface area contributed by atoms with E-state index in [1.165, 1.54) is 6.07 Å². The Morgan fingerprint density at radius 2 is 1.88 bits per heavy atom. The summed E-state index contributed by atoms with van der Waals surface area (Å²) in [6, 6.07) is 2.81. The molecular weight excluding hydrogens is 486 g/mol.